The second-order valence-corrected chi connectivity index (χ2v) is 19.9. The minimum absolute atomic E-state index is 0.799. The summed E-state index contributed by atoms with van der Waals surface area (Å²) in [5, 5.41) is 0. The summed E-state index contributed by atoms with van der Waals surface area (Å²) in [5.74, 6) is 0. The fourth-order valence-electron chi connectivity index (χ4n) is 9.28. The van der Waals surface area contributed by atoms with Crippen LogP contribution in [0.5, 0.6) is 0 Å². The molecule has 0 fully saturated rings. The smallest absolute Gasteiger partial charge is 0.00891 e. The standard InChI is InChI=1S/C57H114N2/c1-7-9-11-13-15-16-17-18-28-31-34-37-41-46-50-54-57(59(5)6)55-51-47-43-39-36-33-30-27-25-23-21-19-20-22-24-26-29-32-35-38-42-45-49-53-56(58(3)4)52-48-44-40-14-12-10-8-2/h18,26,28-29,56-57H,7-17,19-25,27,30-55H2,1-6H3/b28-18-,29-26?. The predicted octanol–water partition coefficient (Wildman–Crippen LogP) is 19.6. The van der Waals surface area contributed by atoms with E-state index in [4.69, 9.17) is 0 Å². The molecule has 0 bridgehead atoms. The Labute approximate surface area is 375 Å². The third kappa shape index (κ3) is 46.7. The molecule has 0 spiro atoms. The van der Waals surface area contributed by atoms with Crippen LogP contribution in [-0.2, 0) is 0 Å². The molecule has 0 saturated heterocycles. The van der Waals surface area contributed by atoms with Crippen LogP contribution in [0.1, 0.15) is 303 Å². The highest BCUT2D eigenvalue weighted by Crippen LogP contribution is 2.20. The van der Waals surface area contributed by atoms with Crippen LogP contribution in [0.2, 0.25) is 0 Å². The van der Waals surface area contributed by atoms with Crippen molar-refractivity contribution in [2.24, 2.45) is 0 Å². The van der Waals surface area contributed by atoms with Gasteiger partial charge < -0.3 is 9.80 Å². The molecule has 0 aliphatic carbocycles. The number of rotatable bonds is 50. The van der Waals surface area contributed by atoms with Gasteiger partial charge in [-0.1, -0.05) is 250 Å². The van der Waals surface area contributed by atoms with E-state index >= 15 is 0 Å². The Bertz CT molecular complexity index is 813. The minimum Gasteiger partial charge on any atom is -0.306 e. The Hall–Kier alpha value is -0.600. The van der Waals surface area contributed by atoms with E-state index in [1.54, 1.807) is 0 Å². The Morgan fingerprint density at radius 1 is 0.237 bits per heavy atom. The Balaban J connectivity index is 3.45. The van der Waals surface area contributed by atoms with Crippen molar-refractivity contribution in [2.75, 3.05) is 28.2 Å². The van der Waals surface area contributed by atoms with Gasteiger partial charge in [0.1, 0.15) is 0 Å². The van der Waals surface area contributed by atoms with Crippen molar-refractivity contribution in [1.82, 2.24) is 9.80 Å². The molecule has 0 aliphatic heterocycles. The Morgan fingerprint density at radius 3 is 0.593 bits per heavy atom. The minimum atomic E-state index is 0.799. The summed E-state index contributed by atoms with van der Waals surface area (Å²) < 4.78 is 0. The van der Waals surface area contributed by atoms with Gasteiger partial charge in [-0.2, -0.15) is 0 Å². The van der Waals surface area contributed by atoms with E-state index in [2.05, 4.69) is 76.1 Å². The maximum atomic E-state index is 2.51. The van der Waals surface area contributed by atoms with Crippen LogP contribution < -0.4 is 0 Å². The Kier molecular flexibility index (Phi) is 49.5. The van der Waals surface area contributed by atoms with Gasteiger partial charge in [-0.25, -0.2) is 0 Å². The molecule has 0 aliphatic rings. The van der Waals surface area contributed by atoms with Gasteiger partial charge in [0.25, 0.3) is 0 Å². The largest absolute Gasteiger partial charge is 0.306 e. The lowest BCUT2D eigenvalue weighted by atomic mass is 9.99. The lowest BCUT2D eigenvalue weighted by Crippen LogP contribution is -2.27. The van der Waals surface area contributed by atoms with Crippen molar-refractivity contribution in [3.05, 3.63) is 24.3 Å². The van der Waals surface area contributed by atoms with E-state index < -0.39 is 0 Å². The van der Waals surface area contributed by atoms with Gasteiger partial charge in [0.2, 0.25) is 0 Å². The molecule has 0 heterocycles. The topological polar surface area (TPSA) is 6.48 Å². The van der Waals surface area contributed by atoms with E-state index in [0.29, 0.717) is 0 Å². The lowest BCUT2D eigenvalue weighted by Gasteiger charge is -2.24. The van der Waals surface area contributed by atoms with Crippen molar-refractivity contribution < 1.29 is 0 Å². The average molecular weight is 828 g/mol. The van der Waals surface area contributed by atoms with Crippen molar-refractivity contribution in [3.8, 4) is 0 Å². The van der Waals surface area contributed by atoms with Gasteiger partial charge in [0, 0.05) is 12.1 Å². The van der Waals surface area contributed by atoms with Crippen LogP contribution in [0, 0.1) is 0 Å². The van der Waals surface area contributed by atoms with Crippen LogP contribution in [0.25, 0.3) is 0 Å². The molecule has 352 valence electrons. The molecule has 0 saturated carbocycles. The average Bonchev–Trinajstić information content (AvgIpc) is 3.22. The fourth-order valence-corrected chi connectivity index (χ4v) is 9.28. The number of unbranched alkanes of at least 4 members (excludes halogenated alkanes) is 36. The van der Waals surface area contributed by atoms with Crippen LogP contribution in [-0.4, -0.2) is 50.1 Å². The molecule has 0 radical (unpaired) electrons. The summed E-state index contributed by atoms with van der Waals surface area (Å²) in [4.78, 5) is 5.00. The van der Waals surface area contributed by atoms with Crippen LogP contribution in [0.3, 0.4) is 0 Å². The molecule has 0 amide bonds. The number of hydrogen-bond donors (Lipinski definition) is 0. The van der Waals surface area contributed by atoms with Crippen LogP contribution >= 0.6 is 0 Å². The molecule has 2 atom stereocenters. The van der Waals surface area contributed by atoms with Crippen molar-refractivity contribution >= 4 is 0 Å². The maximum absolute atomic E-state index is 2.51. The molecule has 0 aromatic heterocycles. The van der Waals surface area contributed by atoms with Crippen molar-refractivity contribution in [3.63, 3.8) is 0 Å². The first-order valence-corrected chi connectivity index (χ1v) is 27.7. The van der Waals surface area contributed by atoms with E-state index in [9.17, 15) is 0 Å². The molecule has 2 nitrogen and oxygen atoms in total. The third-order valence-electron chi connectivity index (χ3n) is 13.6. The number of allylic oxidation sites excluding steroid dienone is 4. The van der Waals surface area contributed by atoms with Gasteiger partial charge in [-0.05, 0) is 105 Å². The second-order valence-electron chi connectivity index (χ2n) is 19.9. The summed E-state index contributed by atoms with van der Waals surface area (Å²) in [5.41, 5.74) is 0. The number of nitrogens with zero attached hydrogens (tertiary/aromatic N) is 2. The van der Waals surface area contributed by atoms with Crippen molar-refractivity contribution in [2.45, 2.75) is 315 Å². The van der Waals surface area contributed by atoms with E-state index in [1.807, 2.05) is 0 Å². The zero-order valence-corrected chi connectivity index (χ0v) is 42.2. The van der Waals surface area contributed by atoms with E-state index in [-0.39, 0.29) is 0 Å². The Morgan fingerprint density at radius 2 is 0.407 bits per heavy atom. The monoisotopic (exact) mass is 827 g/mol. The summed E-state index contributed by atoms with van der Waals surface area (Å²) in [6.07, 6.45) is 73.7. The molecule has 0 N–H and O–H groups in total. The summed E-state index contributed by atoms with van der Waals surface area (Å²) in [7, 11) is 9.21. The predicted molar refractivity (Wildman–Crippen MR) is 272 cm³/mol. The van der Waals surface area contributed by atoms with E-state index in [1.165, 1.54) is 289 Å². The summed E-state index contributed by atoms with van der Waals surface area (Å²) >= 11 is 0. The first-order chi connectivity index (χ1) is 29.0. The molecular formula is C57H114N2. The highest BCUT2D eigenvalue weighted by atomic mass is 15.1. The molecule has 0 aromatic carbocycles. The van der Waals surface area contributed by atoms with Crippen LogP contribution in [0.15, 0.2) is 24.3 Å². The van der Waals surface area contributed by atoms with Crippen LogP contribution in [0.4, 0.5) is 0 Å². The number of hydrogen-bond acceptors (Lipinski definition) is 2. The third-order valence-corrected chi connectivity index (χ3v) is 13.6. The molecule has 2 heteroatoms. The molecular weight excluding hydrogens is 713 g/mol. The van der Waals surface area contributed by atoms with Gasteiger partial charge in [-0.15, -0.1) is 0 Å². The quantitative estimate of drug-likeness (QED) is 0.0445. The summed E-state index contributed by atoms with van der Waals surface area (Å²) in [6, 6.07) is 1.60. The van der Waals surface area contributed by atoms with Gasteiger partial charge >= 0.3 is 0 Å². The molecule has 0 aromatic rings. The highest BCUT2D eigenvalue weighted by Gasteiger charge is 2.12. The summed E-state index contributed by atoms with van der Waals surface area (Å²) in [6.45, 7) is 4.61. The van der Waals surface area contributed by atoms with Gasteiger partial charge in [-0.3, -0.25) is 0 Å². The highest BCUT2D eigenvalue weighted by molar-refractivity contribution is 4.82. The fraction of sp³-hybridized carbons (Fsp3) is 0.930. The van der Waals surface area contributed by atoms with Gasteiger partial charge in [0.05, 0.1) is 0 Å². The zero-order valence-electron chi connectivity index (χ0n) is 42.2. The SMILES string of the molecule is CCCCCCCC/C=C\CCCCCCCC(CCCCCCCCCCCCCCCCC=CCCCCCCCC(CCCCCCCCC)N(C)C)N(C)C. The molecule has 2 unspecified atom stereocenters. The maximum Gasteiger partial charge on any atom is 0.00891 e. The first-order valence-electron chi connectivity index (χ1n) is 27.7. The first kappa shape index (κ1) is 58.4. The van der Waals surface area contributed by atoms with E-state index in [0.717, 1.165) is 12.1 Å². The zero-order chi connectivity index (χ0) is 43.0. The molecule has 59 heavy (non-hydrogen) atoms. The molecule has 0 rings (SSSR count). The van der Waals surface area contributed by atoms with Crippen molar-refractivity contribution in [1.29, 1.82) is 0 Å². The van der Waals surface area contributed by atoms with Gasteiger partial charge in [0.15, 0.2) is 0 Å². The normalized spacial score (nSPS) is 13.3. The second kappa shape index (κ2) is 50.0. The lowest BCUT2D eigenvalue weighted by molar-refractivity contribution is 0.251.